The summed E-state index contributed by atoms with van der Waals surface area (Å²) in [5.41, 5.74) is 5.85. The number of benzene rings is 2. The van der Waals surface area contributed by atoms with E-state index in [-0.39, 0.29) is 0 Å². The maximum absolute atomic E-state index is 2.51. The Balaban J connectivity index is 2.17. The normalized spacial score (nSPS) is 17.9. The van der Waals surface area contributed by atoms with Crippen LogP contribution in [-0.2, 0) is 0 Å². The van der Waals surface area contributed by atoms with E-state index < -0.39 is 8.07 Å². The summed E-state index contributed by atoms with van der Waals surface area (Å²) >= 11 is 0. The monoisotopic (exact) mass is 372 g/mol. The minimum atomic E-state index is -1.63. The molecule has 0 N–H and O–H groups in total. The van der Waals surface area contributed by atoms with Crippen LogP contribution in [0.5, 0.6) is 0 Å². The fraction of sp³-hybridized carbons (Fsp3) is 0.308. The van der Waals surface area contributed by atoms with Gasteiger partial charge in [-0.1, -0.05) is 113 Å². The first-order valence-corrected chi connectivity index (χ1v) is 13.4. The molecule has 3 rings (SSSR count). The van der Waals surface area contributed by atoms with Crippen molar-refractivity contribution in [2.75, 3.05) is 0 Å². The van der Waals surface area contributed by atoms with Gasteiger partial charge in [-0.2, -0.15) is 0 Å². The molecular formula is C26H32Si. The molecule has 0 radical (unpaired) electrons. The second-order valence-electron chi connectivity index (χ2n) is 7.97. The van der Waals surface area contributed by atoms with E-state index in [0.29, 0.717) is 0 Å². The molecule has 0 spiro atoms. The standard InChI is InChI=1S/C26H32Si/c1-5-7-15-22(14-6-2)26(23-18-12-9-13-19-23)25-20-24(27(25,3)4)21-16-10-8-11-17-21/h8-13,15-20H,5-7,14H2,1-4H3/b22-15+,26-25+. The highest BCUT2D eigenvalue weighted by Crippen LogP contribution is 2.47. The zero-order chi connectivity index (χ0) is 19.3. The van der Waals surface area contributed by atoms with Crippen molar-refractivity contribution in [2.24, 2.45) is 0 Å². The van der Waals surface area contributed by atoms with Gasteiger partial charge in [-0.05, 0) is 45.5 Å². The summed E-state index contributed by atoms with van der Waals surface area (Å²) in [4.78, 5) is 0. The minimum Gasteiger partial charge on any atom is -0.0807 e. The number of hydrogen-bond acceptors (Lipinski definition) is 0. The van der Waals surface area contributed by atoms with Crippen molar-refractivity contribution in [1.29, 1.82) is 0 Å². The smallest absolute Gasteiger partial charge is 0.0807 e. The fourth-order valence-electron chi connectivity index (χ4n) is 4.05. The first-order valence-electron chi connectivity index (χ1n) is 10.4. The van der Waals surface area contributed by atoms with E-state index in [1.54, 1.807) is 16.0 Å². The van der Waals surface area contributed by atoms with Gasteiger partial charge in [-0.3, -0.25) is 0 Å². The zero-order valence-electron chi connectivity index (χ0n) is 17.3. The van der Waals surface area contributed by atoms with Crippen molar-refractivity contribution >= 4 is 18.8 Å². The number of unbranched alkanes of at least 4 members (excludes halogenated alkanes) is 1. The molecule has 1 aliphatic heterocycles. The predicted octanol–water partition coefficient (Wildman–Crippen LogP) is 7.85. The average molecular weight is 373 g/mol. The van der Waals surface area contributed by atoms with Crippen LogP contribution in [0.25, 0.3) is 10.8 Å². The van der Waals surface area contributed by atoms with Gasteiger partial charge in [0, 0.05) is 0 Å². The van der Waals surface area contributed by atoms with E-state index in [2.05, 4.69) is 99.8 Å². The third-order valence-corrected chi connectivity index (χ3v) is 9.09. The van der Waals surface area contributed by atoms with E-state index >= 15 is 0 Å². The van der Waals surface area contributed by atoms with E-state index in [0.717, 1.165) is 12.8 Å². The van der Waals surface area contributed by atoms with Gasteiger partial charge in [0.05, 0.1) is 0 Å². The van der Waals surface area contributed by atoms with Crippen LogP contribution in [0.2, 0.25) is 13.1 Å². The molecule has 0 amide bonds. The summed E-state index contributed by atoms with van der Waals surface area (Å²) in [7, 11) is -1.63. The van der Waals surface area contributed by atoms with Gasteiger partial charge in [-0.15, -0.1) is 0 Å². The molecule has 1 aliphatic rings. The van der Waals surface area contributed by atoms with Crippen LogP contribution >= 0.6 is 0 Å². The average Bonchev–Trinajstić information content (AvgIpc) is 2.69. The molecule has 27 heavy (non-hydrogen) atoms. The Morgan fingerprint density at radius 2 is 1.48 bits per heavy atom. The maximum atomic E-state index is 2.51. The lowest BCUT2D eigenvalue weighted by Crippen LogP contribution is -2.39. The molecule has 0 aromatic heterocycles. The highest BCUT2D eigenvalue weighted by atomic mass is 28.3. The molecular weight excluding hydrogens is 340 g/mol. The van der Waals surface area contributed by atoms with Crippen LogP contribution in [0.15, 0.2) is 83.6 Å². The Morgan fingerprint density at radius 1 is 0.852 bits per heavy atom. The highest BCUT2D eigenvalue weighted by molar-refractivity contribution is 7.05. The molecule has 0 saturated heterocycles. The van der Waals surface area contributed by atoms with Crippen molar-refractivity contribution in [3.63, 3.8) is 0 Å². The summed E-state index contributed by atoms with van der Waals surface area (Å²) in [5, 5.41) is 3.20. The first-order chi connectivity index (χ1) is 13.1. The Hall–Kier alpha value is -2.12. The van der Waals surface area contributed by atoms with Crippen molar-refractivity contribution in [2.45, 2.75) is 52.6 Å². The van der Waals surface area contributed by atoms with Crippen LogP contribution < -0.4 is 0 Å². The lowest BCUT2D eigenvalue weighted by Gasteiger charge is -2.39. The highest BCUT2D eigenvalue weighted by Gasteiger charge is 2.40. The SMILES string of the molecule is CCC/C=C(CCC)/C(=C1/C=C(c2ccccc2)[Si]1(C)C)c1ccccc1. The summed E-state index contributed by atoms with van der Waals surface area (Å²) in [6, 6.07) is 22.0. The van der Waals surface area contributed by atoms with E-state index in [1.165, 1.54) is 29.5 Å². The van der Waals surface area contributed by atoms with Crippen LogP contribution in [0.1, 0.15) is 50.7 Å². The van der Waals surface area contributed by atoms with Gasteiger partial charge in [0.25, 0.3) is 0 Å². The Labute approximate surface area is 166 Å². The lowest BCUT2D eigenvalue weighted by atomic mass is 9.92. The van der Waals surface area contributed by atoms with Gasteiger partial charge >= 0.3 is 0 Å². The molecule has 2 aromatic rings. The van der Waals surface area contributed by atoms with Gasteiger partial charge in [0.1, 0.15) is 8.07 Å². The molecule has 140 valence electrons. The van der Waals surface area contributed by atoms with Crippen LogP contribution in [0, 0.1) is 0 Å². The lowest BCUT2D eigenvalue weighted by molar-refractivity contribution is 0.897. The molecule has 0 atom stereocenters. The van der Waals surface area contributed by atoms with Crippen LogP contribution in [0.4, 0.5) is 0 Å². The van der Waals surface area contributed by atoms with Crippen molar-refractivity contribution in [1.82, 2.24) is 0 Å². The number of rotatable bonds is 7. The molecule has 0 fully saturated rings. The molecule has 0 nitrogen and oxygen atoms in total. The molecule has 1 heterocycles. The molecule has 0 bridgehead atoms. The second-order valence-corrected chi connectivity index (χ2v) is 12.3. The van der Waals surface area contributed by atoms with Crippen molar-refractivity contribution < 1.29 is 0 Å². The molecule has 1 heteroatoms. The third kappa shape index (κ3) is 4.09. The predicted molar refractivity (Wildman–Crippen MR) is 123 cm³/mol. The van der Waals surface area contributed by atoms with E-state index in [1.807, 2.05) is 0 Å². The first kappa shape index (κ1) is 19.6. The zero-order valence-corrected chi connectivity index (χ0v) is 18.3. The largest absolute Gasteiger partial charge is 0.113 e. The Morgan fingerprint density at radius 3 is 2.04 bits per heavy atom. The Bertz CT molecular complexity index is 852. The van der Waals surface area contributed by atoms with E-state index in [4.69, 9.17) is 0 Å². The van der Waals surface area contributed by atoms with Crippen molar-refractivity contribution in [3.05, 3.63) is 94.7 Å². The van der Waals surface area contributed by atoms with Crippen LogP contribution in [-0.4, -0.2) is 8.07 Å². The molecule has 2 aromatic carbocycles. The number of allylic oxidation sites excluding steroid dienone is 5. The minimum absolute atomic E-state index is 1.16. The van der Waals surface area contributed by atoms with Crippen molar-refractivity contribution in [3.8, 4) is 0 Å². The topological polar surface area (TPSA) is 0 Å². The van der Waals surface area contributed by atoms with Crippen LogP contribution in [0.3, 0.4) is 0 Å². The van der Waals surface area contributed by atoms with E-state index in [9.17, 15) is 0 Å². The molecule has 0 unspecified atom stereocenters. The quantitative estimate of drug-likeness (QED) is 0.434. The third-order valence-electron chi connectivity index (χ3n) is 5.57. The molecule has 0 saturated carbocycles. The van der Waals surface area contributed by atoms with Gasteiger partial charge in [0.2, 0.25) is 0 Å². The number of hydrogen-bond donors (Lipinski definition) is 0. The summed E-state index contributed by atoms with van der Waals surface area (Å²) in [5.74, 6) is 0. The second kappa shape index (κ2) is 8.71. The Kier molecular flexibility index (Phi) is 6.33. The summed E-state index contributed by atoms with van der Waals surface area (Å²) < 4.78 is 0. The fourth-order valence-corrected chi connectivity index (χ4v) is 6.95. The summed E-state index contributed by atoms with van der Waals surface area (Å²) in [6.45, 7) is 9.58. The summed E-state index contributed by atoms with van der Waals surface area (Å²) in [6.07, 6.45) is 9.70. The van der Waals surface area contributed by atoms with Gasteiger partial charge < -0.3 is 0 Å². The maximum Gasteiger partial charge on any atom is 0.113 e. The van der Waals surface area contributed by atoms with Gasteiger partial charge in [0.15, 0.2) is 0 Å². The molecule has 0 aliphatic carbocycles. The van der Waals surface area contributed by atoms with Gasteiger partial charge in [-0.25, -0.2) is 0 Å².